The van der Waals surface area contributed by atoms with Crippen molar-refractivity contribution in [3.05, 3.63) is 90.0 Å². The third-order valence-electron chi connectivity index (χ3n) is 5.70. The monoisotopic (exact) mass is 428 g/mol. The number of hydrogen-bond acceptors (Lipinski definition) is 3. The molecule has 0 saturated carbocycles. The molecule has 0 aromatic heterocycles. The molecule has 3 aromatic carbocycles. The molecule has 0 bridgehead atoms. The first-order chi connectivity index (χ1) is 15.5. The fraction of sp³-hybridized carbons (Fsp3) is 0.276. The number of carbonyl (C=O) groups excluding carboxylic acids is 1. The summed E-state index contributed by atoms with van der Waals surface area (Å²) in [5.41, 5.74) is 7.40. The zero-order chi connectivity index (χ0) is 22.9. The van der Waals surface area contributed by atoms with Gasteiger partial charge in [0.1, 0.15) is 5.75 Å². The van der Waals surface area contributed by atoms with Crippen LogP contribution in [-0.4, -0.2) is 17.7 Å². The van der Waals surface area contributed by atoms with Crippen molar-refractivity contribution in [1.82, 2.24) is 0 Å². The molecule has 0 aliphatic rings. The van der Waals surface area contributed by atoms with Gasteiger partial charge in [0, 0.05) is 0 Å². The summed E-state index contributed by atoms with van der Waals surface area (Å²) < 4.78 is 5.23. The molecular weight excluding hydrogens is 396 g/mol. The Bertz CT molecular complexity index is 1050. The Morgan fingerprint density at radius 2 is 1.53 bits per heavy atom. The molecule has 3 rings (SSSR count). The molecule has 0 radical (unpaired) electrons. The van der Waals surface area contributed by atoms with Crippen LogP contribution in [0.25, 0.3) is 22.3 Å². The van der Waals surface area contributed by atoms with Crippen molar-refractivity contribution in [2.45, 2.75) is 46.0 Å². The summed E-state index contributed by atoms with van der Waals surface area (Å²) in [5, 5.41) is 9.00. The quantitative estimate of drug-likeness (QED) is 0.168. The molecule has 32 heavy (non-hydrogen) atoms. The van der Waals surface area contributed by atoms with Crippen LogP contribution in [0, 0.1) is 0 Å². The molecule has 0 atom stereocenters. The predicted molar refractivity (Wildman–Crippen MR) is 132 cm³/mol. The molecule has 0 aliphatic heterocycles. The highest BCUT2D eigenvalue weighted by Crippen LogP contribution is 2.31. The van der Waals surface area contributed by atoms with E-state index in [0.29, 0.717) is 5.75 Å². The second-order valence-corrected chi connectivity index (χ2v) is 8.06. The number of aliphatic hydroxyl groups excluding tert-OH is 1. The summed E-state index contributed by atoms with van der Waals surface area (Å²) in [6.07, 6.45) is 5.85. The van der Waals surface area contributed by atoms with Gasteiger partial charge in [0.25, 0.3) is 0 Å². The molecular formula is C29H32O3. The zero-order valence-corrected chi connectivity index (χ0v) is 19.1. The van der Waals surface area contributed by atoms with Gasteiger partial charge in [-0.3, -0.25) is 0 Å². The lowest BCUT2D eigenvalue weighted by Crippen LogP contribution is -2.12. The maximum atomic E-state index is 11.8. The van der Waals surface area contributed by atoms with Crippen molar-refractivity contribution in [3.63, 3.8) is 0 Å². The highest BCUT2D eigenvalue weighted by atomic mass is 16.5. The van der Waals surface area contributed by atoms with Crippen LogP contribution in [0.4, 0.5) is 0 Å². The molecule has 1 N–H and O–H groups in total. The lowest BCUT2D eigenvalue weighted by molar-refractivity contribution is -0.130. The van der Waals surface area contributed by atoms with E-state index in [-0.39, 0.29) is 5.57 Å². The van der Waals surface area contributed by atoms with Crippen molar-refractivity contribution in [3.8, 4) is 28.0 Å². The molecule has 0 spiro atoms. The predicted octanol–water partition coefficient (Wildman–Crippen LogP) is 6.77. The van der Waals surface area contributed by atoms with E-state index < -0.39 is 12.6 Å². The van der Waals surface area contributed by atoms with Crippen molar-refractivity contribution >= 4 is 5.97 Å². The lowest BCUT2D eigenvalue weighted by Gasteiger charge is -2.12. The Hall–Kier alpha value is -3.17. The fourth-order valence-electron chi connectivity index (χ4n) is 3.74. The minimum absolute atomic E-state index is 0.0342. The van der Waals surface area contributed by atoms with Gasteiger partial charge < -0.3 is 9.84 Å². The maximum absolute atomic E-state index is 11.8. The molecule has 3 nitrogen and oxygen atoms in total. The van der Waals surface area contributed by atoms with Gasteiger partial charge in [-0.2, -0.15) is 0 Å². The smallest absolute Gasteiger partial charge is 0.341 e. The molecule has 0 heterocycles. The number of benzene rings is 3. The molecule has 0 fully saturated rings. The Labute approximate surface area is 191 Å². The minimum Gasteiger partial charge on any atom is -0.423 e. The van der Waals surface area contributed by atoms with Gasteiger partial charge in [0.15, 0.2) is 0 Å². The van der Waals surface area contributed by atoms with Crippen LogP contribution < -0.4 is 4.74 Å². The molecule has 0 unspecified atom stereocenters. The average molecular weight is 429 g/mol. The van der Waals surface area contributed by atoms with E-state index in [0.717, 1.165) is 18.4 Å². The zero-order valence-electron chi connectivity index (χ0n) is 19.1. The number of esters is 1. The van der Waals surface area contributed by atoms with Gasteiger partial charge in [-0.1, -0.05) is 87.9 Å². The second-order valence-electron chi connectivity index (χ2n) is 8.06. The fourth-order valence-corrected chi connectivity index (χ4v) is 3.74. The van der Waals surface area contributed by atoms with Crippen LogP contribution in [-0.2, 0) is 17.6 Å². The first-order valence-electron chi connectivity index (χ1n) is 11.4. The Morgan fingerprint density at radius 1 is 0.875 bits per heavy atom. The molecule has 166 valence electrons. The van der Waals surface area contributed by atoms with Crippen LogP contribution in [0.1, 0.15) is 44.2 Å². The van der Waals surface area contributed by atoms with E-state index in [4.69, 9.17) is 9.84 Å². The van der Waals surface area contributed by atoms with Gasteiger partial charge in [-0.15, -0.1) is 0 Å². The van der Waals surface area contributed by atoms with Crippen LogP contribution in [0.5, 0.6) is 5.75 Å². The van der Waals surface area contributed by atoms with E-state index in [1.807, 2.05) is 12.1 Å². The third kappa shape index (κ3) is 5.95. The van der Waals surface area contributed by atoms with Crippen molar-refractivity contribution < 1.29 is 14.6 Å². The Kier molecular flexibility index (Phi) is 8.41. The standard InChI is InChI=1S/C29H32O3/c1-4-6-7-8-22-9-11-24(12-10-22)26-15-18-28(23(5-2)19-26)25-13-16-27(17-14-25)32-29(31)21(3)20-30/h9-19,30H,3-8,20H2,1-2H3. The van der Waals surface area contributed by atoms with Crippen molar-refractivity contribution in [2.75, 3.05) is 6.61 Å². The number of aryl methyl sites for hydroxylation is 2. The summed E-state index contributed by atoms with van der Waals surface area (Å²) >= 11 is 0. The maximum Gasteiger partial charge on any atom is 0.341 e. The Balaban J connectivity index is 1.76. The number of ether oxygens (including phenoxy) is 1. The summed E-state index contributed by atoms with van der Waals surface area (Å²) in [7, 11) is 0. The highest BCUT2D eigenvalue weighted by molar-refractivity contribution is 5.89. The van der Waals surface area contributed by atoms with E-state index in [2.05, 4.69) is 62.9 Å². The normalized spacial score (nSPS) is 10.7. The van der Waals surface area contributed by atoms with Crippen LogP contribution in [0.3, 0.4) is 0 Å². The van der Waals surface area contributed by atoms with Crippen LogP contribution >= 0.6 is 0 Å². The number of unbranched alkanes of at least 4 members (excludes halogenated alkanes) is 2. The SMILES string of the molecule is C=C(CO)C(=O)Oc1ccc(-c2ccc(-c3ccc(CCCCC)cc3)cc2CC)cc1. The van der Waals surface area contributed by atoms with Crippen LogP contribution in [0.2, 0.25) is 0 Å². The molecule has 3 aromatic rings. The number of hydrogen-bond donors (Lipinski definition) is 1. The second kappa shape index (κ2) is 11.4. The Morgan fingerprint density at radius 3 is 2.16 bits per heavy atom. The van der Waals surface area contributed by atoms with Crippen LogP contribution in [0.15, 0.2) is 78.9 Å². The number of aliphatic hydroxyl groups is 1. The molecule has 3 heteroatoms. The molecule has 0 aliphatic carbocycles. The summed E-state index contributed by atoms with van der Waals surface area (Å²) in [6.45, 7) is 7.47. The molecule has 0 saturated heterocycles. The highest BCUT2D eigenvalue weighted by Gasteiger charge is 2.10. The average Bonchev–Trinajstić information content (AvgIpc) is 2.84. The first kappa shape index (κ1) is 23.5. The first-order valence-corrected chi connectivity index (χ1v) is 11.4. The van der Waals surface area contributed by atoms with Gasteiger partial charge in [-0.05, 0) is 64.8 Å². The van der Waals surface area contributed by atoms with E-state index in [1.54, 1.807) is 12.1 Å². The summed E-state index contributed by atoms with van der Waals surface area (Å²) in [4.78, 5) is 11.8. The summed E-state index contributed by atoms with van der Waals surface area (Å²) in [5.74, 6) is -0.183. The largest absolute Gasteiger partial charge is 0.423 e. The molecule has 0 amide bonds. The number of carbonyl (C=O) groups is 1. The van der Waals surface area contributed by atoms with Crippen molar-refractivity contribution in [2.24, 2.45) is 0 Å². The van der Waals surface area contributed by atoms with E-state index in [9.17, 15) is 4.79 Å². The van der Waals surface area contributed by atoms with Crippen molar-refractivity contribution in [1.29, 1.82) is 0 Å². The van der Waals surface area contributed by atoms with Gasteiger partial charge in [-0.25, -0.2) is 4.79 Å². The lowest BCUT2D eigenvalue weighted by atomic mass is 9.93. The van der Waals surface area contributed by atoms with Gasteiger partial charge >= 0.3 is 5.97 Å². The van der Waals surface area contributed by atoms with Gasteiger partial charge in [0.05, 0.1) is 12.2 Å². The topological polar surface area (TPSA) is 46.5 Å². The van der Waals surface area contributed by atoms with E-state index >= 15 is 0 Å². The number of rotatable bonds is 10. The van der Waals surface area contributed by atoms with E-state index in [1.165, 1.54) is 47.1 Å². The minimum atomic E-state index is -0.616. The summed E-state index contributed by atoms with van der Waals surface area (Å²) in [6, 6.07) is 23.0. The van der Waals surface area contributed by atoms with Gasteiger partial charge in [0.2, 0.25) is 0 Å². The third-order valence-corrected chi connectivity index (χ3v) is 5.70.